The lowest BCUT2D eigenvalue weighted by molar-refractivity contribution is -0.141. The highest BCUT2D eigenvalue weighted by Crippen LogP contribution is 2.35. The normalized spacial score (nSPS) is 28.8. The van der Waals surface area contributed by atoms with Crippen molar-refractivity contribution in [3.05, 3.63) is 10.7 Å². The van der Waals surface area contributed by atoms with Crippen molar-refractivity contribution in [3.8, 4) is 0 Å². The van der Waals surface area contributed by atoms with E-state index in [4.69, 9.17) is 11.6 Å². The van der Waals surface area contributed by atoms with Crippen LogP contribution in [0.2, 0.25) is 0 Å². The van der Waals surface area contributed by atoms with Crippen molar-refractivity contribution in [2.75, 3.05) is 6.54 Å². The second-order valence-corrected chi connectivity index (χ2v) is 6.85. The van der Waals surface area contributed by atoms with Crippen molar-refractivity contribution in [1.82, 2.24) is 9.80 Å². The van der Waals surface area contributed by atoms with Crippen LogP contribution >= 0.6 is 11.6 Å². The van der Waals surface area contributed by atoms with Gasteiger partial charge in [0.25, 0.3) is 11.8 Å². The number of likely N-dealkylation sites (tertiary alicyclic amines) is 1. The molecular weight excluding hydrogens is 288 g/mol. The van der Waals surface area contributed by atoms with E-state index in [1.807, 2.05) is 0 Å². The lowest BCUT2D eigenvalue weighted by Gasteiger charge is -2.36. The van der Waals surface area contributed by atoms with Crippen molar-refractivity contribution in [1.29, 1.82) is 0 Å². The molecule has 0 bridgehead atoms. The third-order valence-corrected chi connectivity index (χ3v) is 5.41. The maximum absolute atomic E-state index is 12.8. The molecule has 0 N–H and O–H groups in total. The zero-order valence-corrected chi connectivity index (χ0v) is 13.4. The molecule has 1 saturated carbocycles. The Morgan fingerprint density at radius 3 is 2.29 bits per heavy atom. The first kappa shape index (κ1) is 14.9. The number of piperidine rings is 1. The van der Waals surface area contributed by atoms with E-state index >= 15 is 0 Å². The number of nitrogens with zero attached hydrogens (tertiary/aromatic N) is 2. The average molecular weight is 311 g/mol. The van der Waals surface area contributed by atoms with Crippen LogP contribution in [0.15, 0.2) is 10.7 Å². The summed E-state index contributed by atoms with van der Waals surface area (Å²) >= 11 is 6.26. The second kappa shape index (κ2) is 5.99. The minimum atomic E-state index is -0.277. The largest absolute Gasteiger partial charge is 0.363 e. The summed E-state index contributed by atoms with van der Waals surface area (Å²) in [7, 11) is 0. The summed E-state index contributed by atoms with van der Waals surface area (Å²) < 4.78 is 0. The lowest BCUT2D eigenvalue weighted by atomic mass is 9.94. The molecule has 2 heterocycles. The van der Waals surface area contributed by atoms with Gasteiger partial charge in [-0.3, -0.25) is 14.5 Å². The highest BCUT2D eigenvalue weighted by molar-refractivity contribution is 6.47. The molecule has 3 rings (SSSR count). The fraction of sp³-hybridized carbons (Fsp3) is 0.750. The first-order chi connectivity index (χ1) is 10.1. The van der Waals surface area contributed by atoms with Crippen molar-refractivity contribution in [3.63, 3.8) is 0 Å². The molecule has 21 heavy (non-hydrogen) atoms. The SMILES string of the molecule is CC1CCCCN1C1=C(Cl)C(=O)N(C2CCCCC2)C1=O. The summed E-state index contributed by atoms with van der Waals surface area (Å²) in [6.45, 7) is 2.93. The van der Waals surface area contributed by atoms with E-state index in [1.165, 1.54) is 17.7 Å². The number of hydrogen-bond acceptors (Lipinski definition) is 3. The van der Waals surface area contributed by atoms with Crippen molar-refractivity contribution < 1.29 is 9.59 Å². The summed E-state index contributed by atoms with van der Waals surface area (Å²) in [5.41, 5.74) is 0.458. The van der Waals surface area contributed by atoms with Crippen LogP contribution in [0.25, 0.3) is 0 Å². The quantitative estimate of drug-likeness (QED) is 0.736. The van der Waals surface area contributed by atoms with Gasteiger partial charge < -0.3 is 4.90 Å². The van der Waals surface area contributed by atoms with Crippen LogP contribution < -0.4 is 0 Å². The molecule has 1 saturated heterocycles. The minimum Gasteiger partial charge on any atom is -0.363 e. The molecule has 0 spiro atoms. The summed E-state index contributed by atoms with van der Waals surface area (Å²) in [6, 6.07) is 0.329. The van der Waals surface area contributed by atoms with E-state index in [0.717, 1.165) is 45.1 Å². The van der Waals surface area contributed by atoms with Crippen LogP contribution in [0.4, 0.5) is 0 Å². The van der Waals surface area contributed by atoms with E-state index in [-0.39, 0.29) is 28.9 Å². The van der Waals surface area contributed by atoms with Gasteiger partial charge >= 0.3 is 0 Å². The molecule has 1 unspecified atom stereocenters. The van der Waals surface area contributed by atoms with Gasteiger partial charge in [0.1, 0.15) is 10.7 Å². The van der Waals surface area contributed by atoms with Gasteiger partial charge in [0.05, 0.1) is 0 Å². The molecule has 3 aliphatic rings. The van der Waals surface area contributed by atoms with Gasteiger partial charge in [-0.05, 0) is 39.0 Å². The Balaban J connectivity index is 1.84. The first-order valence-electron chi connectivity index (χ1n) is 8.15. The number of hydrogen-bond donors (Lipinski definition) is 0. The van der Waals surface area contributed by atoms with E-state index in [1.54, 1.807) is 0 Å². The highest BCUT2D eigenvalue weighted by atomic mass is 35.5. The molecule has 2 fully saturated rings. The molecule has 0 aromatic heterocycles. The predicted octanol–water partition coefficient (Wildman–Crippen LogP) is 3.01. The minimum absolute atomic E-state index is 0.0464. The van der Waals surface area contributed by atoms with Gasteiger partial charge in [-0.15, -0.1) is 0 Å². The van der Waals surface area contributed by atoms with E-state index in [9.17, 15) is 9.59 Å². The van der Waals surface area contributed by atoms with E-state index in [2.05, 4.69) is 11.8 Å². The van der Waals surface area contributed by atoms with Gasteiger partial charge in [-0.2, -0.15) is 0 Å². The third kappa shape index (κ3) is 2.59. The Morgan fingerprint density at radius 1 is 0.952 bits per heavy atom. The number of carbonyl (C=O) groups excluding carboxylic acids is 2. The number of halogens is 1. The number of rotatable bonds is 2. The Bertz CT molecular complexity index is 483. The number of imide groups is 1. The van der Waals surface area contributed by atoms with Gasteiger partial charge in [-0.1, -0.05) is 30.9 Å². The van der Waals surface area contributed by atoms with Crippen molar-refractivity contribution >= 4 is 23.4 Å². The Morgan fingerprint density at radius 2 is 1.62 bits per heavy atom. The van der Waals surface area contributed by atoms with Gasteiger partial charge in [0, 0.05) is 18.6 Å². The summed E-state index contributed by atoms with van der Waals surface area (Å²) in [6.07, 6.45) is 8.51. The van der Waals surface area contributed by atoms with Crippen LogP contribution in [-0.4, -0.2) is 40.2 Å². The molecule has 2 aliphatic heterocycles. The zero-order chi connectivity index (χ0) is 15.0. The predicted molar refractivity (Wildman–Crippen MR) is 81.6 cm³/mol. The lowest BCUT2D eigenvalue weighted by Crippen LogP contribution is -2.45. The van der Waals surface area contributed by atoms with E-state index in [0.29, 0.717) is 5.70 Å². The smallest absolute Gasteiger partial charge is 0.279 e. The first-order valence-corrected chi connectivity index (χ1v) is 8.53. The molecule has 1 aliphatic carbocycles. The Hall–Kier alpha value is -1.03. The fourth-order valence-electron chi connectivity index (χ4n) is 3.86. The molecule has 4 nitrogen and oxygen atoms in total. The third-order valence-electron chi connectivity index (χ3n) is 5.07. The van der Waals surface area contributed by atoms with Gasteiger partial charge in [0.2, 0.25) is 0 Å². The van der Waals surface area contributed by atoms with Crippen molar-refractivity contribution in [2.24, 2.45) is 0 Å². The molecule has 0 aromatic rings. The second-order valence-electron chi connectivity index (χ2n) is 6.47. The zero-order valence-electron chi connectivity index (χ0n) is 12.6. The molecule has 5 heteroatoms. The maximum Gasteiger partial charge on any atom is 0.279 e. The molecule has 0 radical (unpaired) electrons. The standard InChI is InChI=1S/C16H23ClN2O2/c1-11-7-5-6-10-18(11)14-13(17)15(20)19(16(14)21)12-8-3-2-4-9-12/h11-12H,2-10H2,1H3. The molecule has 0 aromatic carbocycles. The van der Waals surface area contributed by atoms with Crippen LogP contribution in [0.1, 0.15) is 58.3 Å². The summed E-state index contributed by atoms with van der Waals surface area (Å²) in [5.74, 6) is -0.438. The average Bonchev–Trinajstić information content (AvgIpc) is 2.71. The van der Waals surface area contributed by atoms with E-state index < -0.39 is 0 Å². The maximum atomic E-state index is 12.8. The van der Waals surface area contributed by atoms with Crippen LogP contribution in [0.5, 0.6) is 0 Å². The molecule has 2 amide bonds. The molecule has 116 valence electrons. The molecule has 1 atom stereocenters. The Labute approximate surface area is 131 Å². The Kier molecular flexibility index (Phi) is 4.25. The van der Waals surface area contributed by atoms with Crippen LogP contribution in [0, 0.1) is 0 Å². The van der Waals surface area contributed by atoms with Gasteiger partial charge in [0.15, 0.2) is 0 Å². The topological polar surface area (TPSA) is 40.6 Å². The van der Waals surface area contributed by atoms with Gasteiger partial charge in [-0.25, -0.2) is 0 Å². The van der Waals surface area contributed by atoms with Crippen molar-refractivity contribution in [2.45, 2.75) is 70.4 Å². The molecular formula is C16H23ClN2O2. The van der Waals surface area contributed by atoms with Crippen LogP contribution in [-0.2, 0) is 9.59 Å². The summed E-state index contributed by atoms with van der Waals surface area (Å²) in [4.78, 5) is 28.7. The number of amides is 2. The monoisotopic (exact) mass is 310 g/mol. The fourth-order valence-corrected chi connectivity index (χ4v) is 4.14. The highest BCUT2D eigenvalue weighted by Gasteiger charge is 2.44. The summed E-state index contributed by atoms with van der Waals surface area (Å²) in [5, 5.41) is 0.138. The number of carbonyl (C=O) groups is 2. The van der Waals surface area contributed by atoms with Crippen LogP contribution in [0.3, 0.4) is 0 Å².